The molecular weight excluding hydrogens is 268 g/mol. The number of carbonyl (C=O) groups is 2. The van der Waals surface area contributed by atoms with Crippen LogP contribution in [0, 0.1) is 0 Å². The van der Waals surface area contributed by atoms with Gasteiger partial charge in [0.25, 0.3) is 5.91 Å². The van der Waals surface area contributed by atoms with E-state index in [0.29, 0.717) is 16.8 Å². The lowest BCUT2D eigenvalue weighted by Crippen LogP contribution is -2.28. The third-order valence-electron chi connectivity index (χ3n) is 3.32. The number of hydrogen-bond acceptors (Lipinski definition) is 3. The van der Waals surface area contributed by atoms with Crippen molar-refractivity contribution in [3.05, 3.63) is 59.9 Å². The van der Waals surface area contributed by atoms with E-state index in [9.17, 15) is 14.7 Å². The number of carboxylic acid groups (broad SMARTS) is 1. The topological polar surface area (TPSA) is 79.3 Å². The second-order valence-corrected chi connectivity index (χ2v) is 5.20. The fraction of sp³-hybridized carbons (Fsp3) is 0.188. The maximum absolute atomic E-state index is 12.0. The first kappa shape index (κ1) is 14.7. The number of aliphatic carboxylic acids is 1. The van der Waals surface area contributed by atoms with Crippen molar-refractivity contribution >= 4 is 17.6 Å². The summed E-state index contributed by atoms with van der Waals surface area (Å²) in [5, 5.41) is 11.9. The molecule has 5 nitrogen and oxygen atoms in total. The van der Waals surface area contributed by atoms with E-state index in [-0.39, 0.29) is 5.91 Å². The Bertz CT molecular complexity index is 649. The minimum atomic E-state index is -0.966. The third kappa shape index (κ3) is 3.25. The zero-order valence-corrected chi connectivity index (χ0v) is 11.8. The highest BCUT2D eigenvalue weighted by Gasteiger charge is 2.29. The lowest BCUT2D eigenvalue weighted by molar-refractivity contribution is -0.142. The Morgan fingerprint density at radius 2 is 1.81 bits per heavy atom. The van der Waals surface area contributed by atoms with Gasteiger partial charge in [0.1, 0.15) is 0 Å². The van der Waals surface area contributed by atoms with Crippen LogP contribution in [-0.2, 0) is 10.2 Å². The standard InChI is InChI=1S/C16H16N2O3/c1-16(2,15(20)21)12-5-7-13(8-6-12)18-14(19)11-4-3-9-17-10-11/h3-10H,1-2H3,(H,18,19)(H,20,21). The summed E-state index contributed by atoms with van der Waals surface area (Å²) in [6, 6.07) is 10.1. The fourth-order valence-electron chi connectivity index (χ4n) is 1.79. The molecule has 0 saturated heterocycles. The number of rotatable bonds is 4. The van der Waals surface area contributed by atoms with Crippen LogP contribution in [0.4, 0.5) is 5.69 Å². The molecule has 1 aromatic heterocycles. The van der Waals surface area contributed by atoms with Crippen LogP contribution in [0.1, 0.15) is 29.8 Å². The highest BCUT2D eigenvalue weighted by atomic mass is 16.4. The molecule has 0 atom stereocenters. The molecule has 1 heterocycles. The van der Waals surface area contributed by atoms with Gasteiger partial charge in [0.05, 0.1) is 11.0 Å². The first-order valence-electron chi connectivity index (χ1n) is 6.46. The molecule has 0 aliphatic carbocycles. The van der Waals surface area contributed by atoms with Crippen molar-refractivity contribution in [2.24, 2.45) is 0 Å². The number of carbonyl (C=O) groups excluding carboxylic acids is 1. The van der Waals surface area contributed by atoms with Gasteiger partial charge in [0, 0.05) is 18.1 Å². The van der Waals surface area contributed by atoms with E-state index in [4.69, 9.17) is 0 Å². The number of anilines is 1. The van der Waals surface area contributed by atoms with Gasteiger partial charge in [0.15, 0.2) is 0 Å². The largest absolute Gasteiger partial charge is 0.481 e. The monoisotopic (exact) mass is 284 g/mol. The second kappa shape index (κ2) is 5.75. The summed E-state index contributed by atoms with van der Waals surface area (Å²) >= 11 is 0. The minimum Gasteiger partial charge on any atom is -0.481 e. The van der Waals surface area contributed by atoms with Crippen molar-refractivity contribution in [1.29, 1.82) is 0 Å². The molecule has 0 aliphatic rings. The predicted molar refractivity (Wildman–Crippen MR) is 79.3 cm³/mol. The molecule has 0 bridgehead atoms. The van der Waals surface area contributed by atoms with Crippen LogP contribution in [0.2, 0.25) is 0 Å². The lowest BCUT2D eigenvalue weighted by atomic mass is 9.85. The maximum Gasteiger partial charge on any atom is 0.313 e. The van der Waals surface area contributed by atoms with Crippen LogP contribution in [0.3, 0.4) is 0 Å². The second-order valence-electron chi connectivity index (χ2n) is 5.20. The molecule has 2 N–H and O–H groups in total. The van der Waals surface area contributed by atoms with E-state index >= 15 is 0 Å². The average Bonchev–Trinajstić information content (AvgIpc) is 2.48. The molecule has 0 spiro atoms. The number of pyridine rings is 1. The highest BCUT2D eigenvalue weighted by Crippen LogP contribution is 2.24. The van der Waals surface area contributed by atoms with Crippen molar-refractivity contribution < 1.29 is 14.7 Å². The summed E-state index contributed by atoms with van der Waals surface area (Å²) in [6.45, 7) is 3.27. The number of benzene rings is 1. The lowest BCUT2D eigenvalue weighted by Gasteiger charge is -2.19. The van der Waals surface area contributed by atoms with Gasteiger partial charge in [0.2, 0.25) is 0 Å². The van der Waals surface area contributed by atoms with Gasteiger partial charge in [-0.05, 0) is 43.7 Å². The minimum absolute atomic E-state index is 0.256. The molecule has 0 unspecified atom stereocenters. The smallest absolute Gasteiger partial charge is 0.313 e. The van der Waals surface area contributed by atoms with Crippen molar-refractivity contribution in [2.75, 3.05) is 5.32 Å². The summed E-state index contributed by atoms with van der Waals surface area (Å²) in [6.07, 6.45) is 3.08. The van der Waals surface area contributed by atoms with Crippen LogP contribution >= 0.6 is 0 Å². The Hall–Kier alpha value is -2.69. The fourth-order valence-corrected chi connectivity index (χ4v) is 1.79. The van der Waals surface area contributed by atoms with Gasteiger partial charge < -0.3 is 10.4 Å². The normalized spacial score (nSPS) is 11.0. The molecule has 0 radical (unpaired) electrons. The molecule has 0 saturated carbocycles. The Morgan fingerprint density at radius 3 is 2.33 bits per heavy atom. The van der Waals surface area contributed by atoms with Gasteiger partial charge in [-0.15, -0.1) is 0 Å². The van der Waals surface area contributed by atoms with E-state index in [1.54, 1.807) is 56.4 Å². The van der Waals surface area contributed by atoms with E-state index in [1.165, 1.54) is 6.20 Å². The molecule has 108 valence electrons. The van der Waals surface area contributed by atoms with Crippen LogP contribution < -0.4 is 5.32 Å². The molecule has 5 heteroatoms. The first-order chi connectivity index (χ1) is 9.91. The Kier molecular flexibility index (Phi) is 4.03. The van der Waals surface area contributed by atoms with E-state index in [2.05, 4.69) is 10.3 Å². The van der Waals surface area contributed by atoms with Gasteiger partial charge in [-0.2, -0.15) is 0 Å². The van der Waals surface area contributed by atoms with Gasteiger partial charge in [-0.3, -0.25) is 14.6 Å². The number of aromatic nitrogens is 1. The van der Waals surface area contributed by atoms with E-state index in [1.807, 2.05) is 0 Å². The molecule has 1 amide bonds. The molecule has 2 rings (SSSR count). The summed E-state index contributed by atoms with van der Waals surface area (Å²) in [5.41, 5.74) is 0.780. The van der Waals surface area contributed by atoms with Gasteiger partial charge >= 0.3 is 5.97 Å². The zero-order valence-electron chi connectivity index (χ0n) is 11.8. The van der Waals surface area contributed by atoms with Crippen molar-refractivity contribution in [3.63, 3.8) is 0 Å². The number of nitrogens with one attached hydrogen (secondary N) is 1. The third-order valence-corrected chi connectivity index (χ3v) is 3.32. The quantitative estimate of drug-likeness (QED) is 0.904. The Balaban J connectivity index is 2.14. The zero-order chi connectivity index (χ0) is 15.5. The number of hydrogen-bond donors (Lipinski definition) is 2. The molecular formula is C16H16N2O3. The Labute approximate surface area is 122 Å². The van der Waals surface area contributed by atoms with Crippen molar-refractivity contribution in [2.45, 2.75) is 19.3 Å². The highest BCUT2D eigenvalue weighted by molar-refractivity contribution is 6.04. The Morgan fingerprint density at radius 1 is 1.14 bits per heavy atom. The average molecular weight is 284 g/mol. The van der Waals surface area contributed by atoms with Crippen LogP contribution in [0.15, 0.2) is 48.8 Å². The van der Waals surface area contributed by atoms with Crippen LogP contribution in [0.5, 0.6) is 0 Å². The summed E-state index contributed by atoms with van der Waals surface area (Å²) in [5.74, 6) is -1.15. The van der Waals surface area contributed by atoms with Crippen LogP contribution in [0.25, 0.3) is 0 Å². The predicted octanol–water partition coefficient (Wildman–Crippen LogP) is 2.70. The van der Waals surface area contributed by atoms with E-state index < -0.39 is 11.4 Å². The summed E-state index contributed by atoms with van der Waals surface area (Å²) < 4.78 is 0. The maximum atomic E-state index is 12.0. The molecule has 2 aromatic rings. The number of carboxylic acids is 1. The molecule has 0 fully saturated rings. The SMILES string of the molecule is CC(C)(C(=O)O)c1ccc(NC(=O)c2cccnc2)cc1. The van der Waals surface area contributed by atoms with Gasteiger partial charge in [-0.25, -0.2) is 0 Å². The van der Waals surface area contributed by atoms with Crippen LogP contribution in [-0.4, -0.2) is 22.0 Å². The summed E-state index contributed by atoms with van der Waals surface area (Å²) in [7, 11) is 0. The molecule has 21 heavy (non-hydrogen) atoms. The molecule has 0 aliphatic heterocycles. The molecule has 1 aromatic carbocycles. The first-order valence-corrected chi connectivity index (χ1v) is 6.46. The number of nitrogens with zero attached hydrogens (tertiary/aromatic N) is 1. The van der Waals surface area contributed by atoms with Crippen molar-refractivity contribution in [1.82, 2.24) is 4.98 Å². The summed E-state index contributed by atoms with van der Waals surface area (Å²) in [4.78, 5) is 27.0. The number of amides is 1. The van der Waals surface area contributed by atoms with Crippen molar-refractivity contribution in [3.8, 4) is 0 Å². The van der Waals surface area contributed by atoms with Gasteiger partial charge in [-0.1, -0.05) is 12.1 Å². The van der Waals surface area contributed by atoms with E-state index in [0.717, 1.165) is 0 Å².